The maximum atomic E-state index is 6.08. The lowest BCUT2D eigenvalue weighted by Gasteiger charge is -2.03. The average molecular weight is 402 g/mol. The van der Waals surface area contributed by atoms with Crippen LogP contribution in [0.25, 0.3) is 55.4 Å². The highest BCUT2D eigenvalue weighted by Gasteiger charge is 2.13. The van der Waals surface area contributed by atoms with Crippen molar-refractivity contribution in [3.8, 4) is 11.4 Å². The second-order valence-corrected chi connectivity index (χ2v) is 7.44. The van der Waals surface area contributed by atoms with Gasteiger partial charge in [0.15, 0.2) is 0 Å². The maximum Gasteiger partial charge on any atom is 0.135 e. The smallest absolute Gasteiger partial charge is 0.135 e. The first-order chi connectivity index (χ1) is 15.3. The zero-order chi connectivity index (χ0) is 20.4. The van der Waals surface area contributed by atoms with Crippen LogP contribution in [0.5, 0.6) is 0 Å². The predicted octanol–water partition coefficient (Wildman–Crippen LogP) is 5.05. The summed E-state index contributed by atoms with van der Waals surface area (Å²) in [5.41, 5.74) is 7.15. The Morgan fingerprint density at radius 1 is 0.548 bits per heavy atom. The van der Waals surface area contributed by atoms with E-state index in [0.29, 0.717) is 0 Å². The molecule has 7 rings (SSSR count). The molecule has 31 heavy (non-hydrogen) atoms. The van der Waals surface area contributed by atoms with Crippen molar-refractivity contribution in [3.63, 3.8) is 0 Å². The Bertz CT molecular complexity index is 1630. The zero-order valence-electron chi connectivity index (χ0n) is 16.2. The Hall–Kier alpha value is -4.52. The molecule has 0 unspecified atom stereocenters. The van der Waals surface area contributed by atoms with Crippen LogP contribution in [-0.4, -0.2) is 30.0 Å². The first-order valence-electron chi connectivity index (χ1n) is 9.93. The Kier molecular flexibility index (Phi) is 3.15. The number of aromatic nitrogens is 6. The summed E-state index contributed by atoms with van der Waals surface area (Å²) in [6.45, 7) is 0. The fourth-order valence-corrected chi connectivity index (χ4v) is 4.14. The van der Waals surface area contributed by atoms with E-state index in [-0.39, 0.29) is 0 Å². The Labute approximate surface area is 175 Å². The van der Waals surface area contributed by atoms with Gasteiger partial charge in [0.05, 0.1) is 22.4 Å². The van der Waals surface area contributed by atoms with Crippen LogP contribution in [0, 0.1) is 0 Å². The van der Waals surface area contributed by atoms with Crippen LogP contribution in [0.4, 0.5) is 0 Å². The standard InChI is InChI=1S/C24H14N6O/c1-3-7-21-19(5-1)25-27-29(21)15-9-11-23-17(13-15)18-14-16(10-12-24(18)31-23)30-22-8-4-2-6-20(22)26-28-30/h1-14H. The molecule has 0 aliphatic carbocycles. The van der Waals surface area contributed by atoms with E-state index in [2.05, 4.69) is 32.8 Å². The Morgan fingerprint density at radius 3 is 1.55 bits per heavy atom. The molecule has 0 bridgehead atoms. The quantitative estimate of drug-likeness (QED) is 0.404. The summed E-state index contributed by atoms with van der Waals surface area (Å²) < 4.78 is 9.78. The molecule has 0 saturated carbocycles. The number of hydrogen-bond acceptors (Lipinski definition) is 5. The molecule has 0 aliphatic rings. The summed E-state index contributed by atoms with van der Waals surface area (Å²) >= 11 is 0. The second-order valence-electron chi connectivity index (χ2n) is 7.44. The van der Waals surface area contributed by atoms with Gasteiger partial charge in [0, 0.05) is 10.8 Å². The minimum absolute atomic E-state index is 0.823. The number of fused-ring (bicyclic) bond motifs is 5. The van der Waals surface area contributed by atoms with E-state index in [4.69, 9.17) is 4.42 Å². The molecule has 7 nitrogen and oxygen atoms in total. The highest BCUT2D eigenvalue weighted by atomic mass is 16.3. The van der Waals surface area contributed by atoms with Crippen molar-refractivity contribution in [1.82, 2.24) is 30.0 Å². The van der Waals surface area contributed by atoms with Crippen molar-refractivity contribution in [2.75, 3.05) is 0 Å². The molecule has 4 aromatic carbocycles. The maximum absolute atomic E-state index is 6.08. The summed E-state index contributed by atoms with van der Waals surface area (Å²) in [4.78, 5) is 0. The largest absolute Gasteiger partial charge is 0.456 e. The van der Waals surface area contributed by atoms with Crippen LogP contribution in [-0.2, 0) is 0 Å². The topological polar surface area (TPSA) is 74.6 Å². The summed E-state index contributed by atoms with van der Waals surface area (Å²) in [6, 6.07) is 28.0. The van der Waals surface area contributed by atoms with Gasteiger partial charge in [0.1, 0.15) is 22.2 Å². The number of benzene rings is 4. The second kappa shape index (κ2) is 5.99. The molecule has 0 atom stereocenters. The fraction of sp³-hybridized carbons (Fsp3) is 0. The Morgan fingerprint density at radius 2 is 1.03 bits per heavy atom. The minimum Gasteiger partial charge on any atom is -0.456 e. The first-order valence-corrected chi connectivity index (χ1v) is 9.93. The van der Waals surface area contributed by atoms with Crippen LogP contribution in [0.15, 0.2) is 89.3 Å². The summed E-state index contributed by atoms with van der Waals surface area (Å²) in [5, 5.41) is 19.3. The van der Waals surface area contributed by atoms with Crippen LogP contribution in [0.2, 0.25) is 0 Å². The van der Waals surface area contributed by atoms with E-state index in [1.807, 2.05) is 82.2 Å². The Balaban J connectivity index is 1.45. The van der Waals surface area contributed by atoms with Crippen LogP contribution < -0.4 is 0 Å². The highest BCUT2D eigenvalue weighted by Crippen LogP contribution is 2.32. The van der Waals surface area contributed by atoms with Gasteiger partial charge in [0.25, 0.3) is 0 Å². The molecule has 0 amide bonds. The highest BCUT2D eigenvalue weighted by molar-refractivity contribution is 6.06. The fourth-order valence-electron chi connectivity index (χ4n) is 4.14. The van der Waals surface area contributed by atoms with Crippen molar-refractivity contribution in [3.05, 3.63) is 84.9 Å². The van der Waals surface area contributed by atoms with E-state index in [9.17, 15) is 0 Å². The molecule has 0 N–H and O–H groups in total. The molecule has 0 aliphatic heterocycles. The molecule has 3 heterocycles. The predicted molar refractivity (Wildman–Crippen MR) is 119 cm³/mol. The lowest BCUT2D eigenvalue weighted by atomic mass is 10.1. The van der Waals surface area contributed by atoms with Crippen molar-refractivity contribution >= 4 is 44.0 Å². The normalized spacial score (nSPS) is 11.9. The van der Waals surface area contributed by atoms with E-state index in [1.54, 1.807) is 0 Å². The van der Waals surface area contributed by atoms with E-state index < -0.39 is 0 Å². The molecule has 3 aromatic heterocycles. The molecule has 7 aromatic rings. The molecule has 146 valence electrons. The summed E-state index contributed by atoms with van der Waals surface area (Å²) in [5.74, 6) is 0. The van der Waals surface area contributed by atoms with Crippen LogP contribution in [0.3, 0.4) is 0 Å². The molecular weight excluding hydrogens is 388 g/mol. The molecule has 0 radical (unpaired) electrons. The van der Waals surface area contributed by atoms with E-state index >= 15 is 0 Å². The third-order valence-electron chi connectivity index (χ3n) is 5.63. The van der Waals surface area contributed by atoms with Gasteiger partial charge in [-0.15, -0.1) is 10.2 Å². The first kappa shape index (κ1) is 16.3. The van der Waals surface area contributed by atoms with E-state index in [1.165, 1.54) is 0 Å². The third kappa shape index (κ3) is 2.34. The van der Waals surface area contributed by atoms with Crippen molar-refractivity contribution in [1.29, 1.82) is 0 Å². The third-order valence-corrected chi connectivity index (χ3v) is 5.63. The number of nitrogens with zero attached hydrogens (tertiary/aromatic N) is 6. The van der Waals surface area contributed by atoms with Crippen molar-refractivity contribution < 1.29 is 4.42 Å². The van der Waals surface area contributed by atoms with Crippen molar-refractivity contribution in [2.24, 2.45) is 0 Å². The molecule has 0 spiro atoms. The van der Waals surface area contributed by atoms with Crippen molar-refractivity contribution in [2.45, 2.75) is 0 Å². The van der Waals surface area contributed by atoms with Gasteiger partial charge in [-0.05, 0) is 60.7 Å². The zero-order valence-corrected chi connectivity index (χ0v) is 16.2. The summed E-state index contributed by atoms with van der Waals surface area (Å²) in [7, 11) is 0. The number of para-hydroxylation sites is 2. The average Bonchev–Trinajstić information content (AvgIpc) is 3.53. The van der Waals surface area contributed by atoms with E-state index in [0.717, 1.165) is 55.4 Å². The SMILES string of the molecule is c1ccc2c(c1)nnn2-c1ccc2oc3ccc(-n4nnc5ccccc54)cc3c2c1. The monoisotopic (exact) mass is 402 g/mol. The van der Waals surface area contributed by atoms with Crippen LogP contribution in [0.1, 0.15) is 0 Å². The molecule has 0 fully saturated rings. The van der Waals surface area contributed by atoms with Gasteiger partial charge >= 0.3 is 0 Å². The van der Waals surface area contributed by atoms with Gasteiger partial charge in [0.2, 0.25) is 0 Å². The molecule has 0 saturated heterocycles. The number of rotatable bonds is 2. The number of hydrogen-bond donors (Lipinski definition) is 0. The van der Waals surface area contributed by atoms with Gasteiger partial charge in [-0.1, -0.05) is 34.7 Å². The van der Waals surface area contributed by atoms with Crippen LogP contribution >= 0.6 is 0 Å². The minimum atomic E-state index is 0.823. The van der Waals surface area contributed by atoms with Gasteiger partial charge in [-0.25, -0.2) is 9.36 Å². The number of furan rings is 1. The lowest BCUT2D eigenvalue weighted by molar-refractivity contribution is 0.668. The lowest BCUT2D eigenvalue weighted by Crippen LogP contribution is -1.96. The summed E-state index contributed by atoms with van der Waals surface area (Å²) in [6.07, 6.45) is 0. The van der Waals surface area contributed by atoms with Gasteiger partial charge < -0.3 is 4.42 Å². The van der Waals surface area contributed by atoms with Gasteiger partial charge in [-0.3, -0.25) is 0 Å². The molecular formula is C24H14N6O. The molecule has 7 heteroatoms. The van der Waals surface area contributed by atoms with Gasteiger partial charge in [-0.2, -0.15) is 0 Å².